The third kappa shape index (κ3) is 3.13. The van der Waals surface area contributed by atoms with Gasteiger partial charge in [0.2, 0.25) is 0 Å². The summed E-state index contributed by atoms with van der Waals surface area (Å²) < 4.78 is 25.8. The molecule has 0 atom stereocenters. The molecule has 72 valence electrons. The Bertz CT molecular complexity index is 251. The number of rotatable bonds is 2. The highest BCUT2D eigenvalue weighted by Crippen LogP contribution is 2.26. The Morgan fingerprint density at radius 3 is 2.31 bits per heavy atom. The third-order valence-electron chi connectivity index (χ3n) is 2.12. The highest BCUT2D eigenvalue weighted by molar-refractivity contribution is 5.27. The minimum Gasteiger partial charge on any atom is -0.204 e. The van der Waals surface area contributed by atoms with Crippen molar-refractivity contribution in [1.82, 2.24) is 0 Å². The van der Waals surface area contributed by atoms with Crippen LogP contribution in [0.1, 0.15) is 32.6 Å². The molecule has 1 aliphatic rings. The number of hydrogen-bond donors (Lipinski definition) is 0. The molecule has 1 rings (SSSR count). The molecule has 1 fully saturated rings. The summed E-state index contributed by atoms with van der Waals surface area (Å²) in [6.45, 7) is 1.66. The SMILES string of the molecule is C/C=C\C(F)=C(\F)C=C1CCCC1. The van der Waals surface area contributed by atoms with E-state index in [0.717, 1.165) is 37.3 Å². The zero-order chi connectivity index (χ0) is 9.68. The molecule has 0 unspecified atom stereocenters. The lowest BCUT2D eigenvalue weighted by molar-refractivity contribution is 0.571. The molecule has 0 aromatic rings. The molecule has 0 radical (unpaired) electrons. The van der Waals surface area contributed by atoms with Crippen molar-refractivity contribution < 1.29 is 8.78 Å². The van der Waals surface area contributed by atoms with Crippen LogP contribution in [0.5, 0.6) is 0 Å². The summed E-state index contributed by atoms with van der Waals surface area (Å²) in [5.74, 6) is -1.52. The maximum Gasteiger partial charge on any atom is 0.158 e. The van der Waals surface area contributed by atoms with Gasteiger partial charge in [-0.1, -0.05) is 11.6 Å². The van der Waals surface area contributed by atoms with Crippen LogP contribution in [0.3, 0.4) is 0 Å². The summed E-state index contributed by atoms with van der Waals surface area (Å²) in [4.78, 5) is 0. The van der Waals surface area contributed by atoms with Crippen LogP contribution < -0.4 is 0 Å². The van der Waals surface area contributed by atoms with E-state index >= 15 is 0 Å². The first-order valence-electron chi connectivity index (χ1n) is 4.61. The molecule has 0 aromatic heterocycles. The second-order valence-corrected chi connectivity index (χ2v) is 3.21. The van der Waals surface area contributed by atoms with E-state index in [0.29, 0.717) is 0 Å². The average molecular weight is 184 g/mol. The summed E-state index contributed by atoms with van der Waals surface area (Å²) in [5.41, 5.74) is 1.03. The van der Waals surface area contributed by atoms with Crippen molar-refractivity contribution >= 4 is 0 Å². The van der Waals surface area contributed by atoms with Crippen molar-refractivity contribution in [3.8, 4) is 0 Å². The summed E-state index contributed by atoms with van der Waals surface area (Å²) >= 11 is 0. The van der Waals surface area contributed by atoms with E-state index in [9.17, 15) is 8.78 Å². The van der Waals surface area contributed by atoms with Crippen molar-refractivity contribution in [3.63, 3.8) is 0 Å². The first-order chi connectivity index (χ1) is 6.24. The molecule has 13 heavy (non-hydrogen) atoms. The summed E-state index contributed by atoms with van der Waals surface area (Å²) in [7, 11) is 0. The van der Waals surface area contributed by atoms with Gasteiger partial charge in [-0.05, 0) is 44.8 Å². The predicted octanol–water partition coefficient (Wildman–Crippen LogP) is 4.21. The molecular weight excluding hydrogens is 170 g/mol. The normalized spacial score (nSPS) is 19.5. The van der Waals surface area contributed by atoms with E-state index in [1.165, 1.54) is 12.2 Å². The lowest BCUT2D eigenvalue weighted by Gasteiger charge is -1.94. The largest absolute Gasteiger partial charge is 0.204 e. The van der Waals surface area contributed by atoms with Gasteiger partial charge in [0.1, 0.15) is 0 Å². The van der Waals surface area contributed by atoms with Crippen LogP contribution >= 0.6 is 0 Å². The first-order valence-corrected chi connectivity index (χ1v) is 4.61. The van der Waals surface area contributed by atoms with Gasteiger partial charge in [-0.2, -0.15) is 0 Å². The quantitative estimate of drug-likeness (QED) is 0.564. The van der Waals surface area contributed by atoms with E-state index < -0.39 is 11.7 Å². The van der Waals surface area contributed by atoms with Gasteiger partial charge in [-0.15, -0.1) is 0 Å². The van der Waals surface area contributed by atoms with Crippen molar-refractivity contribution in [2.45, 2.75) is 32.6 Å². The fourth-order valence-corrected chi connectivity index (χ4v) is 1.45. The van der Waals surface area contributed by atoms with E-state index in [1.54, 1.807) is 6.92 Å². The van der Waals surface area contributed by atoms with Gasteiger partial charge in [0.25, 0.3) is 0 Å². The Balaban J connectivity index is 2.71. The van der Waals surface area contributed by atoms with Crippen molar-refractivity contribution in [2.24, 2.45) is 0 Å². The van der Waals surface area contributed by atoms with E-state index in [4.69, 9.17) is 0 Å². The molecule has 0 saturated heterocycles. The highest BCUT2D eigenvalue weighted by Gasteiger charge is 2.08. The molecule has 0 N–H and O–H groups in total. The van der Waals surface area contributed by atoms with Crippen LogP contribution in [-0.4, -0.2) is 0 Å². The molecule has 0 bridgehead atoms. The minimum atomic E-state index is -0.776. The lowest BCUT2D eigenvalue weighted by atomic mass is 10.2. The molecule has 0 aliphatic heterocycles. The third-order valence-corrected chi connectivity index (χ3v) is 2.12. The standard InChI is InChI=1S/C11H14F2/c1-2-5-10(12)11(13)8-9-6-3-4-7-9/h2,5,8H,3-4,6-7H2,1H3/b5-2-,11-10-. The van der Waals surface area contributed by atoms with Crippen LogP contribution in [0.15, 0.2) is 35.5 Å². The van der Waals surface area contributed by atoms with E-state index in [1.807, 2.05) is 0 Å². The molecule has 1 aliphatic carbocycles. The van der Waals surface area contributed by atoms with E-state index in [2.05, 4.69) is 0 Å². The number of allylic oxidation sites excluding steroid dienone is 6. The second kappa shape index (κ2) is 4.95. The molecule has 0 nitrogen and oxygen atoms in total. The first kappa shape index (κ1) is 10.2. The molecule has 0 aromatic carbocycles. The monoisotopic (exact) mass is 184 g/mol. The van der Waals surface area contributed by atoms with Crippen molar-refractivity contribution in [2.75, 3.05) is 0 Å². The molecule has 2 heteroatoms. The molecular formula is C11H14F2. The fourth-order valence-electron chi connectivity index (χ4n) is 1.45. The zero-order valence-electron chi connectivity index (χ0n) is 7.82. The van der Waals surface area contributed by atoms with Crippen LogP contribution in [0.25, 0.3) is 0 Å². The Morgan fingerprint density at radius 2 is 1.77 bits per heavy atom. The molecule has 0 amide bonds. The summed E-state index contributed by atoms with van der Waals surface area (Å²) in [6, 6.07) is 0. The number of halogens is 2. The maximum absolute atomic E-state index is 13.0. The van der Waals surface area contributed by atoms with Crippen LogP contribution in [0.2, 0.25) is 0 Å². The van der Waals surface area contributed by atoms with Gasteiger partial charge in [-0.3, -0.25) is 0 Å². The fraction of sp³-hybridized carbons (Fsp3) is 0.455. The molecule has 1 saturated carbocycles. The smallest absolute Gasteiger partial charge is 0.158 e. The lowest BCUT2D eigenvalue weighted by Crippen LogP contribution is -1.77. The number of hydrogen-bond acceptors (Lipinski definition) is 0. The molecule has 0 spiro atoms. The zero-order valence-corrected chi connectivity index (χ0v) is 7.82. The van der Waals surface area contributed by atoms with Gasteiger partial charge in [0, 0.05) is 0 Å². The van der Waals surface area contributed by atoms with Crippen molar-refractivity contribution in [3.05, 3.63) is 35.5 Å². The Labute approximate surface area is 77.6 Å². The van der Waals surface area contributed by atoms with Gasteiger partial charge < -0.3 is 0 Å². The van der Waals surface area contributed by atoms with Crippen LogP contribution in [0, 0.1) is 0 Å². The molecule has 0 heterocycles. The maximum atomic E-state index is 13.0. The van der Waals surface area contributed by atoms with Crippen LogP contribution in [0.4, 0.5) is 8.78 Å². The van der Waals surface area contributed by atoms with E-state index in [-0.39, 0.29) is 0 Å². The van der Waals surface area contributed by atoms with Gasteiger partial charge in [0.05, 0.1) is 0 Å². The summed E-state index contributed by atoms with van der Waals surface area (Å²) in [6.07, 6.45) is 7.99. The van der Waals surface area contributed by atoms with Gasteiger partial charge in [-0.25, -0.2) is 8.78 Å². The summed E-state index contributed by atoms with van der Waals surface area (Å²) in [5, 5.41) is 0. The Hall–Kier alpha value is -0.920. The highest BCUT2D eigenvalue weighted by atomic mass is 19.2. The Kier molecular flexibility index (Phi) is 3.87. The second-order valence-electron chi connectivity index (χ2n) is 3.21. The van der Waals surface area contributed by atoms with Crippen molar-refractivity contribution in [1.29, 1.82) is 0 Å². The average Bonchev–Trinajstić information content (AvgIpc) is 2.57. The Morgan fingerprint density at radius 1 is 1.15 bits per heavy atom. The van der Waals surface area contributed by atoms with Gasteiger partial charge >= 0.3 is 0 Å². The van der Waals surface area contributed by atoms with Crippen LogP contribution in [-0.2, 0) is 0 Å². The van der Waals surface area contributed by atoms with Gasteiger partial charge in [0.15, 0.2) is 11.7 Å². The topological polar surface area (TPSA) is 0 Å². The minimum absolute atomic E-state index is 0.741. The predicted molar refractivity (Wildman–Crippen MR) is 50.6 cm³/mol.